The largest absolute Gasteiger partial charge is 0.250 e. The van der Waals surface area contributed by atoms with Crippen molar-refractivity contribution in [2.24, 2.45) is 0 Å². The maximum atomic E-state index is 12.7. The third kappa shape index (κ3) is 3.48. The van der Waals surface area contributed by atoms with E-state index in [1.54, 1.807) is 0 Å². The van der Waals surface area contributed by atoms with Crippen LogP contribution in [0.15, 0.2) is 24.8 Å². The van der Waals surface area contributed by atoms with Gasteiger partial charge in [0.2, 0.25) is 0 Å². The first-order chi connectivity index (χ1) is 7.71. The number of halogens is 1. The molecule has 0 aliphatic carbocycles. The third-order valence-corrected chi connectivity index (χ3v) is 2.89. The molecule has 0 fully saturated rings. The molecule has 0 nitrogen and oxygen atoms in total. The molecule has 1 rings (SSSR count). The van der Waals surface area contributed by atoms with E-state index in [9.17, 15) is 4.39 Å². The molecule has 0 saturated carbocycles. The number of hydrogen-bond acceptors (Lipinski definition) is 0. The Morgan fingerprint density at radius 1 is 1.38 bits per heavy atom. The average molecular weight is 220 g/mol. The van der Waals surface area contributed by atoms with Crippen molar-refractivity contribution in [3.8, 4) is 0 Å². The van der Waals surface area contributed by atoms with Crippen molar-refractivity contribution in [3.63, 3.8) is 0 Å². The molecular formula is C15H21F. The topological polar surface area (TPSA) is 0 Å². The summed E-state index contributed by atoms with van der Waals surface area (Å²) in [7, 11) is 0. The Morgan fingerprint density at radius 3 is 2.69 bits per heavy atom. The molecule has 1 atom stereocenters. The molecule has 0 aromatic heterocycles. The van der Waals surface area contributed by atoms with Gasteiger partial charge < -0.3 is 0 Å². The lowest BCUT2D eigenvalue weighted by atomic mass is 9.95. The van der Waals surface area contributed by atoms with E-state index in [-0.39, 0.29) is 12.6 Å². The smallest absolute Gasteiger partial charge is 0.0960 e. The van der Waals surface area contributed by atoms with Gasteiger partial charge in [-0.1, -0.05) is 51.1 Å². The van der Waals surface area contributed by atoms with Crippen LogP contribution >= 0.6 is 0 Å². The van der Waals surface area contributed by atoms with Gasteiger partial charge in [-0.25, -0.2) is 0 Å². The first kappa shape index (κ1) is 13.0. The maximum Gasteiger partial charge on any atom is 0.0960 e. The molecule has 0 saturated heterocycles. The molecule has 0 bridgehead atoms. The summed E-state index contributed by atoms with van der Waals surface area (Å²) < 4.78 is 12.7. The SMILES string of the molecule is C=Cc1cc(CCCC)cc(C(C)CF)c1. The standard InChI is InChI=1S/C15H21F/c1-4-6-7-14-8-13(5-2)9-15(10-14)12(3)11-16/h5,8-10,12H,2,4,6-7,11H2,1,3H3. The summed E-state index contributed by atoms with van der Waals surface area (Å²) in [5.41, 5.74) is 3.49. The van der Waals surface area contributed by atoms with Crippen LogP contribution in [0.5, 0.6) is 0 Å². The van der Waals surface area contributed by atoms with Crippen LogP contribution in [0.2, 0.25) is 0 Å². The fourth-order valence-electron chi connectivity index (χ4n) is 1.76. The van der Waals surface area contributed by atoms with Crippen LogP contribution in [0.25, 0.3) is 6.08 Å². The zero-order valence-corrected chi connectivity index (χ0v) is 10.3. The van der Waals surface area contributed by atoms with Gasteiger partial charge in [0.05, 0.1) is 6.67 Å². The molecule has 1 aromatic rings. The van der Waals surface area contributed by atoms with Gasteiger partial charge in [-0.3, -0.25) is 4.39 Å². The zero-order chi connectivity index (χ0) is 12.0. The summed E-state index contributed by atoms with van der Waals surface area (Å²) in [5.74, 6) is -0.0136. The number of aryl methyl sites for hydroxylation is 1. The van der Waals surface area contributed by atoms with Crippen LogP contribution in [-0.4, -0.2) is 6.67 Å². The normalized spacial score (nSPS) is 12.4. The van der Waals surface area contributed by atoms with Crippen molar-refractivity contribution in [1.82, 2.24) is 0 Å². The zero-order valence-electron chi connectivity index (χ0n) is 10.3. The second-order valence-corrected chi connectivity index (χ2v) is 4.37. The molecule has 0 radical (unpaired) electrons. The Balaban J connectivity index is 2.95. The van der Waals surface area contributed by atoms with Crippen LogP contribution in [0, 0.1) is 0 Å². The minimum absolute atomic E-state index is 0.0136. The summed E-state index contributed by atoms with van der Waals surface area (Å²) >= 11 is 0. The van der Waals surface area contributed by atoms with E-state index in [1.165, 1.54) is 18.4 Å². The fourth-order valence-corrected chi connectivity index (χ4v) is 1.76. The van der Waals surface area contributed by atoms with Crippen LogP contribution in [-0.2, 0) is 6.42 Å². The van der Waals surface area contributed by atoms with Crippen molar-refractivity contribution >= 4 is 6.08 Å². The molecule has 1 aromatic carbocycles. The van der Waals surface area contributed by atoms with Crippen molar-refractivity contribution in [1.29, 1.82) is 0 Å². The quantitative estimate of drug-likeness (QED) is 0.649. The number of benzene rings is 1. The van der Waals surface area contributed by atoms with Crippen LogP contribution < -0.4 is 0 Å². The number of rotatable bonds is 6. The van der Waals surface area contributed by atoms with Crippen molar-refractivity contribution < 1.29 is 4.39 Å². The maximum absolute atomic E-state index is 12.7. The average Bonchev–Trinajstić information content (AvgIpc) is 2.34. The van der Waals surface area contributed by atoms with Crippen LogP contribution in [0.1, 0.15) is 49.3 Å². The minimum Gasteiger partial charge on any atom is -0.250 e. The molecule has 0 amide bonds. The second kappa shape index (κ2) is 6.47. The van der Waals surface area contributed by atoms with Gasteiger partial charge in [0, 0.05) is 5.92 Å². The Kier molecular flexibility index (Phi) is 5.24. The highest BCUT2D eigenvalue weighted by molar-refractivity contribution is 5.50. The van der Waals surface area contributed by atoms with Crippen LogP contribution in [0.3, 0.4) is 0 Å². The van der Waals surface area contributed by atoms with Crippen molar-refractivity contribution in [2.75, 3.05) is 6.67 Å². The van der Waals surface area contributed by atoms with Gasteiger partial charge in [-0.15, -0.1) is 0 Å². The van der Waals surface area contributed by atoms with Crippen LogP contribution in [0.4, 0.5) is 4.39 Å². The summed E-state index contributed by atoms with van der Waals surface area (Å²) in [6.07, 6.45) is 5.28. The molecule has 0 N–H and O–H groups in total. The predicted molar refractivity (Wildman–Crippen MR) is 69.5 cm³/mol. The Labute approximate surface area is 98.2 Å². The van der Waals surface area contributed by atoms with Crippen molar-refractivity contribution in [3.05, 3.63) is 41.5 Å². The highest BCUT2D eigenvalue weighted by Gasteiger charge is 2.07. The van der Waals surface area contributed by atoms with E-state index in [1.807, 2.05) is 19.1 Å². The summed E-state index contributed by atoms with van der Waals surface area (Å²) in [6.45, 7) is 7.59. The lowest BCUT2D eigenvalue weighted by molar-refractivity contribution is 0.447. The monoisotopic (exact) mass is 220 g/mol. The van der Waals surface area contributed by atoms with Crippen molar-refractivity contribution in [2.45, 2.75) is 39.0 Å². The van der Waals surface area contributed by atoms with Gasteiger partial charge in [-0.2, -0.15) is 0 Å². The first-order valence-corrected chi connectivity index (χ1v) is 6.03. The molecule has 0 aliphatic rings. The highest BCUT2D eigenvalue weighted by atomic mass is 19.1. The molecule has 0 heterocycles. The highest BCUT2D eigenvalue weighted by Crippen LogP contribution is 2.21. The lowest BCUT2D eigenvalue weighted by Crippen LogP contribution is -1.98. The van der Waals surface area contributed by atoms with E-state index in [0.29, 0.717) is 0 Å². The number of alkyl halides is 1. The Bertz CT molecular complexity index is 341. The number of hydrogen-bond donors (Lipinski definition) is 0. The summed E-state index contributed by atoms with van der Waals surface area (Å²) in [6, 6.07) is 6.32. The first-order valence-electron chi connectivity index (χ1n) is 6.03. The molecule has 1 heteroatoms. The van der Waals surface area contributed by atoms with E-state index in [2.05, 4.69) is 25.6 Å². The van der Waals surface area contributed by atoms with E-state index in [0.717, 1.165) is 17.5 Å². The van der Waals surface area contributed by atoms with Gasteiger partial charge in [0.25, 0.3) is 0 Å². The molecule has 0 aliphatic heterocycles. The Morgan fingerprint density at radius 2 is 2.12 bits per heavy atom. The third-order valence-electron chi connectivity index (χ3n) is 2.89. The Hall–Kier alpha value is -1.11. The fraction of sp³-hybridized carbons (Fsp3) is 0.467. The second-order valence-electron chi connectivity index (χ2n) is 4.37. The van der Waals surface area contributed by atoms with Gasteiger partial charge >= 0.3 is 0 Å². The van der Waals surface area contributed by atoms with Gasteiger partial charge in [0.15, 0.2) is 0 Å². The van der Waals surface area contributed by atoms with Gasteiger partial charge in [0.1, 0.15) is 0 Å². The molecular weight excluding hydrogens is 199 g/mol. The summed E-state index contributed by atoms with van der Waals surface area (Å²) in [5, 5.41) is 0. The number of unbranched alkanes of at least 4 members (excludes halogenated alkanes) is 1. The van der Waals surface area contributed by atoms with E-state index in [4.69, 9.17) is 0 Å². The predicted octanol–water partition coefficient (Wildman–Crippen LogP) is 4.75. The molecule has 88 valence electrons. The molecule has 16 heavy (non-hydrogen) atoms. The van der Waals surface area contributed by atoms with E-state index < -0.39 is 0 Å². The minimum atomic E-state index is -0.298. The van der Waals surface area contributed by atoms with E-state index >= 15 is 0 Å². The molecule has 0 spiro atoms. The summed E-state index contributed by atoms with van der Waals surface area (Å²) in [4.78, 5) is 0. The lowest BCUT2D eigenvalue weighted by Gasteiger charge is -2.11. The van der Waals surface area contributed by atoms with Gasteiger partial charge in [-0.05, 0) is 29.5 Å². The molecule has 1 unspecified atom stereocenters.